The lowest BCUT2D eigenvalue weighted by atomic mass is 10.2. The molecule has 1 aromatic heterocycles. The van der Waals surface area contributed by atoms with Crippen LogP contribution in [0.2, 0.25) is 0 Å². The number of hydrogen-bond donors (Lipinski definition) is 3. The maximum absolute atomic E-state index is 11.7. The van der Waals surface area contributed by atoms with Gasteiger partial charge in [0.15, 0.2) is 0 Å². The predicted octanol–water partition coefficient (Wildman–Crippen LogP) is 0.502. The Kier molecular flexibility index (Phi) is 4.78. The Morgan fingerprint density at radius 2 is 2.06 bits per heavy atom. The van der Waals surface area contributed by atoms with E-state index in [0.717, 1.165) is 0 Å². The zero-order valence-electron chi connectivity index (χ0n) is 8.96. The molecule has 0 aliphatic carbocycles. The Bertz CT molecular complexity index is 491. The number of aromatic nitrogens is 1. The van der Waals surface area contributed by atoms with Gasteiger partial charge >= 0.3 is 11.9 Å². The van der Waals surface area contributed by atoms with Gasteiger partial charge in [-0.25, -0.2) is 9.78 Å². The molecule has 3 N–H and O–H groups in total. The molecule has 0 aliphatic rings. The summed E-state index contributed by atoms with van der Waals surface area (Å²) in [6, 6.07) is 1.32. The molecule has 0 bridgehead atoms. The predicted molar refractivity (Wildman–Crippen MR) is 63.1 cm³/mol. The van der Waals surface area contributed by atoms with Crippen LogP contribution in [0, 0.1) is 0 Å². The SMILES string of the molecule is O=C(O)CC(NC(=O)c1ccnc(Br)c1)C(=O)O. The van der Waals surface area contributed by atoms with E-state index in [1.165, 1.54) is 18.3 Å². The van der Waals surface area contributed by atoms with Gasteiger partial charge in [-0.2, -0.15) is 0 Å². The summed E-state index contributed by atoms with van der Waals surface area (Å²) in [4.78, 5) is 36.7. The molecule has 0 saturated heterocycles. The van der Waals surface area contributed by atoms with Gasteiger partial charge < -0.3 is 15.5 Å². The average Bonchev–Trinajstić information content (AvgIpc) is 2.27. The van der Waals surface area contributed by atoms with Crippen molar-refractivity contribution in [3.05, 3.63) is 28.5 Å². The summed E-state index contributed by atoms with van der Waals surface area (Å²) in [5.41, 5.74) is 0.188. The Morgan fingerprint density at radius 3 is 2.56 bits per heavy atom. The number of rotatable bonds is 5. The third-order valence-electron chi connectivity index (χ3n) is 1.97. The maximum atomic E-state index is 11.7. The van der Waals surface area contributed by atoms with Crippen LogP contribution < -0.4 is 5.32 Å². The van der Waals surface area contributed by atoms with Crippen LogP contribution in [0.3, 0.4) is 0 Å². The van der Waals surface area contributed by atoms with E-state index in [-0.39, 0.29) is 5.56 Å². The van der Waals surface area contributed by atoms with Crippen LogP contribution in [0.5, 0.6) is 0 Å². The lowest BCUT2D eigenvalue weighted by Crippen LogP contribution is -2.42. The summed E-state index contributed by atoms with van der Waals surface area (Å²) in [5, 5.41) is 19.4. The van der Waals surface area contributed by atoms with Gasteiger partial charge in [0.2, 0.25) is 0 Å². The van der Waals surface area contributed by atoms with Gasteiger partial charge in [0, 0.05) is 11.8 Å². The zero-order chi connectivity index (χ0) is 13.7. The molecule has 0 spiro atoms. The molecular formula is C10H9BrN2O5. The number of aliphatic carboxylic acids is 2. The van der Waals surface area contributed by atoms with E-state index in [9.17, 15) is 14.4 Å². The van der Waals surface area contributed by atoms with Gasteiger partial charge in [-0.3, -0.25) is 9.59 Å². The number of carboxylic acid groups (broad SMARTS) is 2. The highest BCUT2D eigenvalue weighted by atomic mass is 79.9. The Labute approximate surface area is 110 Å². The number of hydrogen-bond acceptors (Lipinski definition) is 4. The molecule has 18 heavy (non-hydrogen) atoms. The Morgan fingerprint density at radius 1 is 1.39 bits per heavy atom. The zero-order valence-corrected chi connectivity index (χ0v) is 10.5. The second-order valence-corrected chi connectivity index (χ2v) is 4.14. The maximum Gasteiger partial charge on any atom is 0.326 e. The number of carbonyl (C=O) groups excluding carboxylic acids is 1. The average molecular weight is 317 g/mol. The smallest absolute Gasteiger partial charge is 0.326 e. The fourth-order valence-electron chi connectivity index (χ4n) is 1.16. The fraction of sp³-hybridized carbons (Fsp3) is 0.200. The van der Waals surface area contributed by atoms with E-state index in [0.29, 0.717) is 4.60 Å². The number of pyridine rings is 1. The first kappa shape index (κ1) is 14.1. The van der Waals surface area contributed by atoms with E-state index in [4.69, 9.17) is 10.2 Å². The topological polar surface area (TPSA) is 117 Å². The molecule has 0 aliphatic heterocycles. The molecule has 8 heteroatoms. The molecule has 1 heterocycles. The monoisotopic (exact) mass is 316 g/mol. The molecule has 0 saturated carbocycles. The summed E-state index contributed by atoms with van der Waals surface area (Å²) < 4.78 is 0.417. The number of amides is 1. The summed E-state index contributed by atoms with van der Waals surface area (Å²) in [6.45, 7) is 0. The number of halogens is 1. The Hall–Kier alpha value is -1.96. The van der Waals surface area contributed by atoms with Crippen LogP contribution >= 0.6 is 15.9 Å². The minimum Gasteiger partial charge on any atom is -0.481 e. The molecular weight excluding hydrogens is 308 g/mol. The van der Waals surface area contributed by atoms with Crippen LogP contribution in [0.4, 0.5) is 0 Å². The number of carboxylic acids is 2. The molecule has 1 atom stereocenters. The first-order chi connectivity index (χ1) is 8.40. The van der Waals surface area contributed by atoms with Gasteiger partial charge in [-0.05, 0) is 28.1 Å². The highest BCUT2D eigenvalue weighted by Crippen LogP contribution is 2.08. The first-order valence-corrected chi connectivity index (χ1v) is 5.56. The van der Waals surface area contributed by atoms with Crippen molar-refractivity contribution >= 4 is 33.8 Å². The Balaban J connectivity index is 2.78. The van der Waals surface area contributed by atoms with E-state index < -0.39 is 30.3 Å². The third kappa shape index (κ3) is 4.13. The van der Waals surface area contributed by atoms with E-state index in [1.54, 1.807) is 0 Å². The fourth-order valence-corrected chi connectivity index (χ4v) is 1.52. The summed E-state index contributed by atoms with van der Waals surface area (Å²) in [6.07, 6.45) is 0.680. The lowest BCUT2D eigenvalue weighted by Gasteiger charge is -2.12. The van der Waals surface area contributed by atoms with Crippen molar-refractivity contribution in [2.24, 2.45) is 0 Å². The van der Waals surface area contributed by atoms with E-state index in [1.807, 2.05) is 0 Å². The van der Waals surface area contributed by atoms with Gasteiger partial charge in [0.25, 0.3) is 5.91 Å². The van der Waals surface area contributed by atoms with Crippen LogP contribution in [-0.2, 0) is 9.59 Å². The standard InChI is InChI=1S/C10H9BrN2O5/c11-7-3-5(1-2-12-7)9(16)13-6(10(17)18)4-8(14)15/h1-3,6H,4H2,(H,13,16)(H,14,15)(H,17,18). The minimum absolute atomic E-state index is 0.188. The van der Waals surface area contributed by atoms with E-state index in [2.05, 4.69) is 26.2 Å². The van der Waals surface area contributed by atoms with Crippen molar-refractivity contribution in [1.82, 2.24) is 10.3 Å². The van der Waals surface area contributed by atoms with E-state index >= 15 is 0 Å². The summed E-state index contributed by atoms with van der Waals surface area (Å²) >= 11 is 3.06. The quantitative estimate of drug-likeness (QED) is 0.681. The highest BCUT2D eigenvalue weighted by molar-refractivity contribution is 9.10. The molecule has 1 rings (SSSR count). The molecule has 7 nitrogen and oxygen atoms in total. The molecule has 0 radical (unpaired) electrons. The number of nitrogens with one attached hydrogen (secondary N) is 1. The van der Waals surface area contributed by atoms with Crippen LogP contribution in [0.1, 0.15) is 16.8 Å². The lowest BCUT2D eigenvalue weighted by molar-refractivity contribution is -0.145. The molecule has 1 unspecified atom stereocenters. The molecule has 96 valence electrons. The van der Waals surface area contributed by atoms with Crippen LogP contribution in [-0.4, -0.2) is 39.1 Å². The molecule has 0 fully saturated rings. The van der Waals surface area contributed by atoms with Gasteiger partial charge in [0.05, 0.1) is 6.42 Å². The molecule has 1 amide bonds. The van der Waals surface area contributed by atoms with Crippen molar-refractivity contribution in [3.8, 4) is 0 Å². The molecule has 1 aromatic rings. The largest absolute Gasteiger partial charge is 0.481 e. The van der Waals surface area contributed by atoms with Crippen molar-refractivity contribution in [3.63, 3.8) is 0 Å². The third-order valence-corrected chi connectivity index (χ3v) is 2.40. The normalized spacial score (nSPS) is 11.6. The first-order valence-electron chi connectivity index (χ1n) is 4.77. The minimum atomic E-state index is -1.47. The number of nitrogens with zero attached hydrogens (tertiary/aromatic N) is 1. The second-order valence-electron chi connectivity index (χ2n) is 3.33. The van der Waals surface area contributed by atoms with Crippen molar-refractivity contribution in [2.75, 3.05) is 0 Å². The summed E-state index contributed by atoms with van der Waals surface area (Å²) in [5.74, 6) is -3.38. The van der Waals surface area contributed by atoms with Crippen molar-refractivity contribution in [1.29, 1.82) is 0 Å². The van der Waals surface area contributed by atoms with Crippen molar-refractivity contribution in [2.45, 2.75) is 12.5 Å². The summed E-state index contributed by atoms with van der Waals surface area (Å²) in [7, 11) is 0. The van der Waals surface area contributed by atoms with Crippen LogP contribution in [0.15, 0.2) is 22.9 Å². The van der Waals surface area contributed by atoms with Gasteiger partial charge in [0.1, 0.15) is 10.6 Å². The highest BCUT2D eigenvalue weighted by Gasteiger charge is 2.23. The number of carbonyl (C=O) groups is 3. The van der Waals surface area contributed by atoms with Gasteiger partial charge in [-0.1, -0.05) is 0 Å². The van der Waals surface area contributed by atoms with Crippen LogP contribution in [0.25, 0.3) is 0 Å². The van der Waals surface area contributed by atoms with Crippen molar-refractivity contribution < 1.29 is 24.6 Å². The second kappa shape index (κ2) is 6.10. The van der Waals surface area contributed by atoms with Gasteiger partial charge in [-0.15, -0.1) is 0 Å². The molecule has 0 aromatic carbocycles.